The summed E-state index contributed by atoms with van der Waals surface area (Å²) in [7, 11) is -3.31. The van der Waals surface area contributed by atoms with Crippen LogP contribution in [-0.4, -0.2) is 20.5 Å². The van der Waals surface area contributed by atoms with Crippen molar-refractivity contribution in [1.82, 2.24) is 10.0 Å². The molecule has 0 atom stereocenters. The van der Waals surface area contributed by atoms with E-state index in [0.29, 0.717) is 10.3 Å². The van der Waals surface area contributed by atoms with Gasteiger partial charge < -0.3 is 5.32 Å². The van der Waals surface area contributed by atoms with E-state index in [1.165, 1.54) is 24.2 Å². The Hall–Kier alpha value is -0.430. The summed E-state index contributed by atoms with van der Waals surface area (Å²) in [6, 6.07) is 2.59. The largest absolute Gasteiger partial charge is 0.310 e. The summed E-state index contributed by atoms with van der Waals surface area (Å²) in [5.41, 5.74) is 1.07. The van der Waals surface area contributed by atoms with Crippen molar-refractivity contribution in [3.8, 4) is 0 Å². The summed E-state index contributed by atoms with van der Waals surface area (Å²) < 4.78 is 27.7. The van der Waals surface area contributed by atoms with E-state index in [2.05, 4.69) is 10.0 Å². The maximum absolute atomic E-state index is 12.2. The number of thiophene rings is 1. The van der Waals surface area contributed by atoms with Crippen LogP contribution in [0, 0.1) is 0 Å². The summed E-state index contributed by atoms with van der Waals surface area (Å²) in [5.74, 6) is 0. The lowest BCUT2D eigenvalue weighted by Crippen LogP contribution is -2.32. The van der Waals surface area contributed by atoms with Gasteiger partial charge in [0, 0.05) is 18.6 Å². The Kier molecular flexibility index (Phi) is 3.93. The van der Waals surface area contributed by atoms with E-state index in [1.54, 1.807) is 6.07 Å². The Labute approximate surface area is 118 Å². The molecule has 0 amide bonds. The van der Waals surface area contributed by atoms with Gasteiger partial charge in [-0.2, -0.15) is 0 Å². The molecule has 1 heterocycles. The lowest BCUT2D eigenvalue weighted by Gasteiger charge is -2.10. The van der Waals surface area contributed by atoms with Gasteiger partial charge in [0.05, 0.1) is 0 Å². The van der Waals surface area contributed by atoms with Crippen LogP contribution in [0.3, 0.4) is 0 Å². The van der Waals surface area contributed by atoms with Crippen molar-refractivity contribution in [2.24, 2.45) is 0 Å². The zero-order chi connectivity index (χ0) is 13.3. The highest BCUT2D eigenvalue weighted by Crippen LogP contribution is 2.25. The van der Waals surface area contributed by atoms with Crippen molar-refractivity contribution in [2.75, 3.05) is 0 Å². The molecule has 2 aliphatic carbocycles. The van der Waals surface area contributed by atoms with Crippen molar-refractivity contribution in [3.63, 3.8) is 0 Å². The van der Waals surface area contributed by atoms with Crippen molar-refractivity contribution in [3.05, 3.63) is 17.0 Å². The van der Waals surface area contributed by atoms with Gasteiger partial charge in [0.25, 0.3) is 0 Å². The average molecular weight is 300 g/mol. The quantitative estimate of drug-likeness (QED) is 0.847. The van der Waals surface area contributed by atoms with Crippen LogP contribution < -0.4 is 10.0 Å². The Morgan fingerprint density at radius 3 is 2.58 bits per heavy atom. The molecule has 3 rings (SSSR count). The second-order valence-electron chi connectivity index (χ2n) is 5.53. The maximum Gasteiger partial charge on any atom is 0.250 e. The standard InChI is InChI=1S/C13H20N2O2S2/c16-19(17,15-12-3-1-2-4-12)13-7-10(9-18-13)8-14-11-5-6-11/h7,9,11-12,14-15H,1-6,8H2. The van der Waals surface area contributed by atoms with Crippen LogP contribution >= 0.6 is 11.3 Å². The minimum Gasteiger partial charge on any atom is -0.310 e. The Balaban J connectivity index is 1.62. The molecule has 4 nitrogen and oxygen atoms in total. The molecule has 106 valence electrons. The van der Waals surface area contributed by atoms with E-state index >= 15 is 0 Å². The van der Waals surface area contributed by atoms with E-state index in [0.717, 1.165) is 37.8 Å². The summed E-state index contributed by atoms with van der Waals surface area (Å²) >= 11 is 1.32. The highest BCUT2D eigenvalue weighted by molar-refractivity contribution is 7.91. The van der Waals surface area contributed by atoms with E-state index in [9.17, 15) is 8.42 Å². The third kappa shape index (κ3) is 3.56. The first-order chi connectivity index (χ1) is 9.13. The molecule has 2 saturated carbocycles. The Bertz CT molecular complexity index is 529. The molecular weight excluding hydrogens is 280 g/mol. The summed E-state index contributed by atoms with van der Waals surface area (Å²) in [4.78, 5) is 0. The zero-order valence-electron chi connectivity index (χ0n) is 10.9. The second-order valence-corrected chi connectivity index (χ2v) is 8.38. The van der Waals surface area contributed by atoms with Crippen LogP contribution in [0.25, 0.3) is 0 Å². The molecule has 0 aromatic carbocycles. The smallest absolute Gasteiger partial charge is 0.250 e. The minimum atomic E-state index is -3.31. The molecular formula is C13H20N2O2S2. The lowest BCUT2D eigenvalue weighted by molar-refractivity contribution is 0.554. The van der Waals surface area contributed by atoms with E-state index < -0.39 is 10.0 Å². The van der Waals surface area contributed by atoms with Gasteiger partial charge in [0.1, 0.15) is 4.21 Å². The van der Waals surface area contributed by atoms with Crippen LogP contribution in [0.2, 0.25) is 0 Å². The summed E-state index contributed by atoms with van der Waals surface area (Å²) in [6.07, 6.45) is 6.71. The van der Waals surface area contributed by atoms with Crippen LogP contribution in [0.1, 0.15) is 44.1 Å². The number of hydrogen-bond acceptors (Lipinski definition) is 4. The highest BCUT2D eigenvalue weighted by atomic mass is 32.2. The fourth-order valence-corrected chi connectivity index (χ4v) is 4.99. The lowest BCUT2D eigenvalue weighted by atomic mass is 10.3. The molecule has 0 bridgehead atoms. The van der Waals surface area contributed by atoms with Gasteiger partial charge in [-0.25, -0.2) is 13.1 Å². The number of nitrogens with one attached hydrogen (secondary N) is 2. The first kappa shape index (κ1) is 13.5. The SMILES string of the molecule is O=S(=O)(NC1CCCC1)c1cc(CNC2CC2)cs1. The number of hydrogen-bond donors (Lipinski definition) is 2. The molecule has 1 aromatic rings. The molecule has 0 spiro atoms. The molecule has 0 radical (unpaired) electrons. The molecule has 6 heteroatoms. The van der Waals surface area contributed by atoms with E-state index in [-0.39, 0.29) is 6.04 Å². The summed E-state index contributed by atoms with van der Waals surface area (Å²) in [6.45, 7) is 0.778. The average Bonchev–Trinajstić information content (AvgIpc) is 2.87. The fraction of sp³-hybridized carbons (Fsp3) is 0.692. The van der Waals surface area contributed by atoms with Gasteiger partial charge >= 0.3 is 0 Å². The molecule has 2 N–H and O–H groups in total. The van der Waals surface area contributed by atoms with Gasteiger partial charge in [-0.05, 0) is 42.7 Å². The Morgan fingerprint density at radius 2 is 1.89 bits per heavy atom. The number of sulfonamides is 1. The third-order valence-electron chi connectivity index (χ3n) is 3.74. The van der Waals surface area contributed by atoms with Crippen LogP contribution in [0.15, 0.2) is 15.7 Å². The topological polar surface area (TPSA) is 58.2 Å². The first-order valence-electron chi connectivity index (χ1n) is 6.96. The van der Waals surface area contributed by atoms with Gasteiger partial charge in [0.15, 0.2) is 0 Å². The van der Waals surface area contributed by atoms with Gasteiger partial charge in [-0.15, -0.1) is 11.3 Å². The molecule has 2 aliphatic rings. The molecule has 1 aromatic heterocycles. The molecule has 0 saturated heterocycles. The van der Waals surface area contributed by atoms with Gasteiger partial charge in [0.2, 0.25) is 10.0 Å². The van der Waals surface area contributed by atoms with E-state index in [1.807, 2.05) is 5.38 Å². The fourth-order valence-electron chi connectivity index (χ4n) is 2.46. The molecule has 0 unspecified atom stereocenters. The van der Waals surface area contributed by atoms with Crippen LogP contribution in [-0.2, 0) is 16.6 Å². The predicted octanol–water partition coefficient (Wildman–Crippen LogP) is 2.22. The predicted molar refractivity (Wildman–Crippen MR) is 76.8 cm³/mol. The first-order valence-corrected chi connectivity index (χ1v) is 9.33. The van der Waals surface area contributed by atoms with Crippen molar-refractivity contribution in [1.29, 1.82) is 0 Å². The Morgan fingerprint density at radius 1 is 1.16 bits per heavy atom. The third-order valence-corrected chi connectivity index (χ3v) is 6.75. The second kappa shape index (κ2) is 5.52. The highest BCUT2D eigenvalue weighted by Gasteiger charge is 2.24. The molecule has 2 fully saturated rings. The zero-order valence-corrected chi connectivity index (χ0v) is 12.5. The number of rotatable bonds is 6. The van der Waals surface area contributed by atoms with Crippen molar-refractivity contribution >= 4 is 21.4 Å². The summed E-state index contributed by atoms with van der Waals surface area (Å²) in [5, 5.41) is 5.35. The normalized spacial score (nSPS) is 21.1. The van der Waals surface area contributed by atoms with Gasteiger partial charge in [-0.1, -0.05) is 12.8 Å². The van der Waals surface area contributed by atoms with E-state index in [4.69, 9.17) is 0 Å². The monoisotopic (exact) mass is 300 g/mol. The van der Waals surface area contributed by atoms with Crippen molar-refractivity contribution < 1.29 is 8.42 Å². The van der Waals surface area contributed by atoms with Gasteiger partial charge in [-0.3, -0.25) is 0 Å². The maximum atomic E-state index is 12.2. The minimum absolute atomic E-state index is 0.139. The molecule has 19 heavy (non-hydrogen) atoms. The van der Waals surface area contributed by atoms with Crippen LogP contribution in [0.4, 0.5) is 0 Å². The van der Waals surface area contributed by atoms with Crippen LogP contribution in [0.5, 0.6) is 0 Å². The molecule has 0 aliphatic heterocycles. The van der Waals surface area contributed by atoms with Crippen molar-refractivity contribution in [2.45, 2.75) is 61.4 Å².